The van der Waals surface area contributed by atoms with Gasteiger partial charge in [-0.15, -0.1) is 0 Å². The summed E-state index contributed by atoms with van der Waals surface area (Å²) in [6.07, 6.45) is 0.939. The number of benzene rings is 1. The normalized spacial score (nSPS) is 25.9. The highest BCUT2D eigenvalue weighted by Gasteiger charge is 2.40. The van der Waals surface area contributed by atoms with E-state index in [2.05, 4.69) is 11.9 Å². The first-order valence-corrected chi connectivity index (χ1v) is 8.46. The molecule has 3 rings (SSSR count). The molecule has 0 unspecified atom stereocenters. The molecule has 130 valence electrons. The van der Waals surface area contributed by atoms with Crippen LogP contribution in [0.2, 0.25) is 0 Å². The van der Waals surface area contributed by atoms with Crippen LogP contribution in [0, 0.1) is 11.7 Å². The van der Waals surface area contributed by atoms with Crippen LogP contribution in [0.4, 0.5) is 4.39 Å². The largest absolute Gasteiger partial charge is 0.340 e. The molecule has 5 nitrogen and oxygen atoms in total. The summed E-state index contributed by atoms with van der Waals surface area (Å²) in [7, 11) is 3.79. The summed E-state index contributed by atoms with van der Waals surface area (Å²) >= 11 is 0. The first-order valence-electron chi connectivity index (χ1n) is 8.46. The van der Waals surface area contributed by atoms with Gasteiger partial charge in [0.05, 0.1) is 12.0 Å². The molecule has 0 spiro atoms. The molecule has 2 aliphatic rings. The summed E-state index contributed by atoms with van der Waals surface area (Å²) < 4.78 is 13.3. The molecule has 0 saturated carbocycles. The van der Waals surface area contributed by atoms with Gasteiger partial charge in [0, 0.05) is 39.6 Å². The van der Waals surface area contributed by atoms with Crippen molar-refractivity contribution in [3.05, 3.63) is 35.6 Å². The lowest BCUT2D eigenvalue weighted by Gasteiger charge is -2.42. The molecule has 2 amide bonds. The van der Waals surface area contributed by atoms with Crippen LogP contribution >= 0.6 is 0 Å². The zero-order valence-corrected chi connectivity index (χ0v) is 14.2. The molecule has 1 aromatic carbocycles. The maximum Gasteiger partial charge on any atom is 0.228 e. The van der Waals surface area contributed by atoms with Crippen LogP contribution in [0.15, 0.2) is 24.3 Å². The third-order valence-corrected chi connectivity index (χ3v) is 5.20. The number of carbonyl (C=O) groups excluding carboxylic acids is 2. The lowest BCUT2D eigenvalue weighted by Crippen LogP contribution is -2.52. The Morgan fingerprint density at radius 3 is 2.33 bits per heavy atom. The Kier molecular flexibility index (Phi) is 4.85. The second-order valence-electron chi connectivity index (χ2n) is 6.77. The van der Waals surface area contributed by atoms with E-state index in [1.807, 2.05) is 4.90 Å². The first-order chi connectivity index (χ1) is 11.5. The van der Waals surface area contributed by atoms with E-state index in [1.165, 1.54) is 12.1 Å². The van der Waals surface area contributed by atoms with Crippen molar-refractivity contribution < 1.29 is 14.0 Å². The first kappa shape index (κ1) is 16.9. The number of likely N-dealkylation sites (N-methyl/N-ethyl adjacent to an activating group) is 1. The molecule has 0 radical (unpaired) electrons. The standard InChI is InChI=1S/C18H24FN3O2/c1-20-9-11-22(12-10-20)18(24)15-7-8-16(23)21(2)17(15)13-3-5-14(19)6-4-13/h3-6,15,17H,7-12H2,1-2H3/t15-,17-/m0/s1. The zero-order chi connectivity index (χ0) is 17.3. The molecule has 0 aliphatic carbocycles. The van der Waals surface area contributed by atoms with Gasteiger partial charge in [0.25, 0.3) is 0 Å². The molecular weight excluding hydrogens is 309 g/mol. The summed E-state index contributed by atoms with van der Waals surface area (Å²) in [5.74, 6) is -0.435. The number of rotatable bonds is 2. The van der Waals surface area contributed by atoms with Gasteiger partial charge in [-0.2, -0.15) is 0 Å². The van der Waals surface area contributed by atoms with Gasteiger partial charge in [-0.05, 0) is 31.2 Å². The number of halogens is 1. The van der Waals surface area contributed by atoms with Gasteiger partial charge in [-0.1, -0.05) is 12.1 Å². The van der Waals surface area contributed by atoms with Crippen molar-refractivity contribution in [2.75, 3.05) is 40.3 Å². The summed E-state index contributed by atoms with van der Waals surface area (Å²) in [5, 5.41) is 0. The van der Waals surface area contributed by atoms with Gasteiger partial charge in [0.1, 0.15) is 5.82 Å². The maximum absolute atomic E-state index is 13.3. The van der Waals surface area contributed by atoms with Crippen molar-refractivity contribution in [1.29, 1.82) is 0 Å². The van der Waals surface area contributed by atoms with Gasteiger partial charge in [0.15, 0.2) is 0 Å². The van der Waals surface area contributed by atoms with Crippen LogP contribution < -0.4 is 0 Å². The van der Waals surface area contributed by atoms with E-state index >= 15 is 0 Å². The smallest absolute Gasteiger partial charge is 0.228 e. The van der Waals surface area contributed by atoms with Crippen LogP contribution in [-0.2, 0) is 9.59 Å². The lowest BCUT2D eigenvalue weighted by molar-refractivity contribution is -0.147. The molecule has 0 N–H and O–H groups in total. The van der Waals surface area contributed by atoms with Crippen molar-refractivity contribution in [2.45, 2.75) is 18.9 Å². The SMILES string of the molecule is CN1CCN(C(=O)[C@H]2CCC(=O)N(C)[C@H]2c2ccc(F)cc2)CC1. The number of amides is 2. The Bertz CT molecular complexity index is 611. The van der Waals surface area contributed by atoms with Gasteiger partial charge >= 0.3 is 0 Å². The number of nitrogens with zero attached hydrogens (tertiary/aromatic N) is 3. The fraction of sp³-hybridized carbons (Fsp3) is 0.556. The zero-order valence-electron chi connectivity index (χ0n) is 14.2. The highest BCUT2D eigenvalue weighted by Crippen LogP contribution is 2.37. The van der Waals surface area contributed by atoms with Gasteiger partial charge in [-0.3, -0.25) is 9.59 Å². The predicted octanol–water partition coefficient (Wildman–Crippen LogP) is 1.51. The second-order valence-corrected chi connectivity index (χ2v) is 6.77. The Morgan fingerprint density at radius 2 is 1.71 bits per heavy atom. The van der Waals surface area contributed by atoms with E-state index in [4.69, 9.17) is 0 Å². The van der Waals surface area contributed by atoms with Crippen molar-refractivity contribution in [3.8, 4) is 0 Å². The maximum atomic E-state index is 13.3. The summed E-state index contributed by atoms with van der Waals surface area (Å²) in [4.78, 5) is 31.0. The van der Waals surface area contributed by atoms with Crippen molar-refractivity contribution in [2.24, 2.45) is 5.92 Å². The molecular formula is C18H24FN3O2. The van der Waals surface area contributed by atoms with Crippen LogP contribution in [0.1, 0.15) is 24.4 Å². The molecule has 0 aromatic heterocycles. The number of likely N-dealkylation sites (tertiary alicyclic amines) is 1. The van der Waals surface area contributed by atoms with E-state index < -0.39 is 0 Å². The molecule has 2 heterocycles. The third-order valence-electron chi connectivity index (χ3n) is 5.20. The molecule has 1 aromatic rings. The van der Waals surface area contributed by atoms with Gasteiger partial charge in [-0.25, -0.2) is 4.39 Å². The third kappa shape index (κ3) is 3.29. The fourth-order valence-electron chi connectivity index (χ4n) is 3.67. The van der Waals surface area contributed by atoms with Crippen LogP contribution in [0.5, 0.6) is 0 Å². The Balaban J connectivity index is 1.84. The molecule has 0 bridgehead atoms. The average molecular weight is 333 g/mol. The van der Waals surface area contributed by atoms with E-state index in [0.717, 1.165) is 31.7 Å². The molecule has 2 aliphatic heterocycles. The minimum absolute atomic E-state index is 0.0340. The molecule has 2 atom stereocenters. The number of hydrogen-bond acceptors (Lipinski definition) is 3. The van der Waals surface area contributed by atoms with Crippen LogP contribution in [-0.4, -0.2) is 66.8 Å². The highest BCUT2D eigenvalue weighted by atomic mass is 19.1. The van der Waals surface area contributed by atoms with E-state index in [1.54, 1.807) is 24.1 Å². The Hall–Kier alpha value is -1.95. The number of hydrogen-bond donors (Lipinski definition) is 0. The number of piperidine rings is 1. The topological polar surface area (TPSA) is 43.9 Å². The summed E-state index contributed by atoms with van der Waals surface area (Å²) in [6.45, 7) is 3.18. The molecule has 6 heteroatoms. The summed E-state index contributed by atoms with van der Waals surface area (Å²) in [6, 6.07) is 5.82. The van der Waals surface area contributed by atoms with Crippen molar-refractivity contribution in [3.63, 3.8) is 0 Å². The van der Waals surface area contributed by atoms with E-state index in [0.29, 0.717) is 12.8 Å². The number of piperazine rings is 1. The van der Waals surface area contributed by atoms with Crippen molar-refractivity contribution in [1.82, 2.24) is 14.7 Å². The average Bonchev–Trinajstić information content (AvgIpc) is 2.58. The van der Waals surface area contributed by atoms with Gasteiger partial charge < -0.3 is 14.7 Å². The van der Waals surface area contributed by atoms with Crippen LogP contribution in [0.3, 0.4) is 0 Å². The van der Waals surface area contributed by atoms with Gasteiger partial charge in [0.2, 0.25) is 11.8 Å². The molecule has 24 heavy (non-hydrogen) atoms. The Labute approximate surface area is 142 Å². The minimum Gasteiger partial charge on any atom is -0.340 e. The van der Waals surface area contributed by atoms with Crippen LogP contribution in [0.25, 0.3) is 0 Å². The summed E-state index contributed by atoms with van der Waals surface area (Å²) in [5.41, 5.74) is 0.819. The Morgan fingerprint density at radius 1 is 1.08 bits per heavy atom. The second kappa shape index (κ2) is 6.89. The predicted molar refractivity (Wildman–Crippen MR) is 88.7 cm³/mol. The van der Waals surface area contributed by atoms with E-state index in [-0.39, 0.29) is 29.6 Å². The lowest BCUT2D eigenvalue weighted by atomic mass is 9.83. The minimum atomic E-state index is -0.320. The quantitative estimate of drug-likeness (QED) is 0.824. The monoisotopic (exact) mass is 333 g/mol. The highest BCUT2D eigenvalue weighted by molar-refractivity contribution is 5.85. The molecule has 2 fully saturated rings. The molecule has 2 saturated heterocycles. The van der Waals surface area contributed by atoms with Crippen molar-refractivity contribution >= 4 is 11.8 Å². The number of carbonyl (C=O) groups is 2. The van der Waals surface area contributed by atoms with E-state index in [9.17, 15) is 14.0 Å². The fourth-order valence-corrected chi connectivity index (χ4v) is 3.67.